The first-order chi connectivity index (χ1) is 26.0. The van der Waals surface area contributed by atoms with E-state index in [1.165, 1.54) is 0 Å². The summed E-state index contributed by atoms with van der Waals surface area (Å²) in [6.45, 7) is 1.86. The van der Waals surface area contributed by atoms with Gasteiger partial charge in [0, 0.05) is 63.5 Å². The van der Waals surface area contributed by atoms with Gasteiger partial charge in [-0.25, -0.2) is 9.97 Å². The van der Waals surface area contributed by atoms with Crippen LogP contribution < -0.4 is 0 Å². The summed E-state index contributed by atoms with van der Waals surface area (Å²) < 4.78 is 0. The number of aromatic nitrogens is 4. The number of aromatic amines is 2. The molecule has 2 saturated carbocycles. The molecule has 6 aliphatic carbocycles. The van der Waals surface area contributed by atoms with E-state index in [9.17, 15) is 40.9 Å². The first-order valence-electron chi connectivity index (χ1n) is 19.0. The molecule has 0 aromatic carbocycles. The number of nitrogens with one attached hydrogen (secondary N) is 2. The van der Waals surface area contributed by atoms with Crippen molar-refractivity contribution < 1.29 is 40.9 Å². The largest absolute Gasteiger partial charge is 0.390 e. The number of hydrogen-bond donors (Lipinski definition) is 10. The molecule has 54 heavy (non-hydrogen) atoms. The molecule has 2 fully saturated rings. The van der Waals surface area contributed by atoms with Crippen molar-refractivity contribution in [1.82, 2.24) is 19.9 Å². The first kappa shape index (κ1) is 33.1. The Morgan fingerprint density at radius 3 is 1.83 bits per heavy atom. The van der Waals surface area contributed by atoms with Crippen LogP contribution in [0.2, 0.25) is 0 Å². The minimum Gasteiger partial charge on any atom is -0.390 e. The van der Waals surface area contributed by atoms with Crippen LogP contribution in [0.25, 0.3) is 44.9 Å². The lowest BCUT2D eigenvalue weighted by molar-refractivity contribution is -0.0146. The number of rotatable bonds is 2. The van der Waals surface area contributed by atoms with E-state index in [1.807, 2.05) is 55.5 Å². The number of nitrogens with zero attached hydrogens (tertiary/aromatic N) is 2. The Labute approximate surface area is 309 Å². The van der Waals surface area contributed by atoms with E-state index in [4.69, 9.17) is 9.97 Å². The molecular weight excluding hydrogens is 688 g/mol. The lowest BCUT2D eigenvalue weighted by Crippen LogP contribution is -2.38. The molecule has 10 N–H and O–H groups in total. The van der Waals surface area contributed by atoms with Crippen molar-refractivity contribution in [3.05, 3.63) is 94.1 Å². The zero-order chi connectivity index (χ0) is 37.1. The van der Waals surface area contributed by atoms with Gasteiger partial charge in [-0.15, -0.1) is 0 Å². The monoisotopic (exact) mass is 730 g/mol. The lowest BCUT2D eigenvalue weighted by atomic mass is 9.81. The van der Waals surface area contributed by atoms with Gasteiger partial charge < -0.3 is 50.8 Å². The highest BCUT2D eigenvalue weighted by Crippen LogP contribution is 2.59. The smallest absolute Gasteiger partial charge is 0.0989 e. The van der Waals surface area contributed by atoms with Crippen molar-refractivity contribution >= 4 is 44.9 Å². The van der Waals surface area contributed by atoms with E-state index >= 15 is 0 Å². The van der Waals surface area contributed by atoms with Gasteiger partial charge in [-0.05, 0) is 82.7 Å². The predicted molar refractivity (Wildman–Crippen MR) is 199 cm³/mol. The molecule has 0 saturated heterocycles. The third-order valence-electron chi connectivity index (χ3n) is 13.8. The third-order valence-corrected chi connectivity index (χ3v) is 13.8. The maximum Gasteiger partial charge on any atom is 0.0989 e. The van der Waals surface area contributed by atoms with Crippen LogP contribution in [-0.2, 0) is 0 Å². The number of aliphatic hydroxyl groups is 8. The Morgan fingerprint density at radius 2 is 1.15 bits per heavy atom. The van der Waals surface area contributed by atoms with E-state index in [-0.39, 0.29) is 29.6 Å². The van der Waals surface area contributed by atoms with Gasteiger partial charge in [0.2, 0.25) is 0 Å². The maximum atomic E-state index is 11.4. The fourth-order valence-electron chi connectivity index (χ4n) is 11.1. The van der Waals surface area contributed by atoms with Gasteiger partial charge >= 0.3 is 0 Å². The molecular formula is C42H42N4O8. The van der Waals surface area contributed by atoms with E-state index in [2.05, 4.69) is 9.97 Å². The zero-order valence-corrected chi connectivity index (χ0v) is 29.3. The molecule has 15 atom stereocenters. The molecule has 0 radical (unpaired) electrons. The van der Waals surface area contributed by atoms with Crippen molar-refractivity contribution in [3.8, 4) is 0 Å². The second kappa shape index (κ2) is 11.4. The summed E-state index contributed by atoms with van der Waals surface area (Å²) in [6.07, 6.45) is 2.42. The number of aliphatic hydroxyl groups excluding tert-OH is 8. The first-order valence-corrected chi connectivity index (χ1v) is 19.0. The summed E-state index contributed by atoms with van der Waals surface area (Å²) in [5, 5.41) is 88.2. The van der Waals surface area contributed by atoms with Crippen LogP contribution in [0.3, 0.4) is 0 Å². The van der Waals surface area contributed by atoms with Crippen molar-refractivity contribution in [1.29, 1.82) is 0 Å². The molecule has 3 aromatic heterocycles. The van der Waals surface area contributed by atoms with Crippen LogP contribution in [0, 0.1) is 23.7 Å². The van der Waals surface area contributed by atoms with Gasteiger partial charge in [0.1, 0.15) is 0 Å². The fourth-order valence-corrected chi connectivity index (χ4v) is 11.1. The van der Waals surface area contributed by atoms with Crippen molar-refractivity contribution in [2.45, 2.75) is 86.4 Å². The molecule has 12 nitrogen and oxygen atoms in total. The molecule has 0 spiro atoms. The van der Waals surface area contributed by atoms with Crippen molar-refractivity contribution in [3.63, 3.8) is 0 Å². The van der Waals surface area contributed by atoms with Crippen LogP contribution >= 0.6 is 0 Å². The normalized spacial score (nSPS) is 39.9. The molecule has 8 aliphatic rings. The zero-order valence-electron chi connectivity index (χ0n) is 29.3. The Morgan fingerprint density at radius 1 is 0.537 bits per heavy atom. The molecule has 5 heterocycles. The fraction of sp³-hybridized carbons (Fsp3) is 0.429. The summed E-state index contributed by atoms with van der Waals surface area (Å²) in [5.41, 5.74) is 10.4. The van der Waals surface area contributed by atoms with E-state index in [1.54, 1.807) is 12.2 Å². The standard InChI is InChI=1S/C42H42N4O8/c1-14-2-3-18(38(50)36(14)48)20-7-16-9-28-33-22-11-24(42(54)40(22)52)35(33)30(46-28)13-29-34-23-10-21(39(51)41(23)53)32(34)27(45-29)8-15-6-19(17-4-5-31(47)37(17)49)25(43-15)12-26(20)44-16/h2-9,12-14,17-18,21-24,31,36-42,44,46-54H,10-11H2,1H3. The van der Waals surface area contributed by atoms with Crippen molar-refractivity contribution in [2.75, 3.05) is 0 Å². The summed E-state index contributed by atoms with van der Waals surface area (Å²) in [6, 6.07) is 9.63. The van der Waals surface area contributed by atoms with Gasteiger partial charge in [-0.1, -0.05) is 31.2 Å². The summed E-state index contributed by atoms with van der Waals surface area (Å²) in [7, 11) is 0. The third kappa shape index (κ3) is 4.42. The topological polar surface area (TPSA) is 219 Å². The Bertz CT molecular complexity index is 2440. The van der Waals surface area contributed by atoms with Crippen LogP contribution in [0.15, 0.2) is 54.6 Å². The van der Waals surface area contributed by atoms with Gasteiger partial charge in [-0.2, -0.15) is 0 Å². The highest BCUT2D eigenvalue weighted by atomic mass is 16.3. The predicted octanol–water partition coefficient (Wildman–Crippen LogP) is 2.36. The average Bonchev–Trinajstić information content (AvgIpc) is 4.02. The number of fused-ring (bicyclic) bond motifs is 21. The quantitative estimate of drug-likeness (QED) is 0.174. The van der Waals surface area contributed by atoms with E-state index in [0.29, 0.717) is 52.2 Å². The summed E-state index contributed by atoms with van der Waals surface area (Å²) in [5.74, 6) is -2.50. The molecule has 15 unspecified atom stereocenters. The molecule has 3 aromatic rings. The molecule has 0 amide bonds. The van der Waals surface area contributed by atoms with Gasteiger partial charge in [0.25, 0.3) is 0 Å². The Balaban J connectivity index is 1.22. The summed E-state index contributed by atoms with van der Waals surface area (Å²) in [4.78, 5) is 17.3. The van der Waals surface area contributed by atoms with Crippen LogP contribution in [0.4, 0.5) is 0 Å². The van der Waals surface area contributed by atoms with E-state index < -0.39 is 60.7 Å². The molecule has 12 heteroatoms. The molecule has 11 rings (SSSR count). The van der Waals surface area contributed by atoms with Crippen LogP contribution in [0.5, 0.6) is 0 Å². The van der Waals surface area contributed by atoms with Crippen LogP contribution in [0.1, 0.15) is 77.0 Å². The second-order valence-corrected chi connectivity index (χ2v) is 16.7. The highest BCUT2D eigenvalue weighted by Gasteiger charge is 2.55. The Hall–Kier alpha value is -4.24. The summed E-state index contributed by atoms with van der Waals surface area (Å²) >= 11 is 0. The lowest BCUT2D eigenvalue weighted by Gasteiger charge is -2.31. The minimum absolute atomic E-state index is 0.230. The van der Waals surface area contributed by atoms with E-state index in [0.717, 1.165) is 38.9 Å². The average molecular weight is 731 g/mol. The Kier molecular flexibility index (Phi) is 7.00. The number of hydrogen-bond acceptors (Lipinski definition) is 10. The van der Waals surface area contributed by atoms with Gasteiger partial charge in [-0.3, -0.25) is 0 Å². The van der Waals surface area contributed by atoms with Gasteiger partial charge in [0.15, 0.2) is 0 Å². The molecule has 2 aliphatic heterocycles. The molecule has 278 valence electrons. The molecule has 12 bridgehead atoms. The van der Waals surface area contributed by atoms with Crippen LogP contribution in [-0.4, -0.2) is 110 Å². The minimum atomic E-state index is -1.09. The number of H-pyrrole nitrogens is 2. The second-order valence-electron chi connectivity index (χ2n) is 16.7. The van der Waals surface area contributed by atoms with Crippen molar-refractivity contribution in [2.24, 2.45) is 23.7 Å². The highest BCUT2D eigenvalue weighted by molar-refractivity contribution is 5.99. The SMILES string of the molecule is CC1C=CC(c2cc3cc4[nH]c(cc5nc(cc6nc(cc2[nH]3)C(C2C=CC(O)C2O)=C6)C2=C5C3CC2C(O)C3O)c2c4C3CC2C(O)C3O)C(O)C1O. The van der Waals surface area contributed by atoms with Gasteiger partial charge in [0.05, 0.1) is 71.6 Å². The maximum absolute atomic E-state index is 11.4.